The van der Waals surface area contributed by atoms with E-state index in [0.29, 0.717) is 17.1 Å². The van der Waals surface area contributed by atoms with E-state index in [1.54, 1.807) is 29.2 Å². The third-order valence-electron chi connectivity index (χ3n) is 2.90. The Labute approximate surface area is 99.6 Å². The monoisotopic (exact) mass is 239 g/mol. The second-order valence-electron chi connectivity index (χ2n) is 4.10. The smallest absolute Gasteiger partial charge is 0.253 e. The fraction of sp³-hybridized carbons (Fsp3) is 0.417. The summed E-state index contributed by atoms with van der Waals surface area (Å²) in [5.74, 6) is 0.224. The maximum absolute atomic E-state index is 12.0. The molecule has 0 bridgehead atoms. The third kappa shape index (κ3) is 2.36. The number of aliphatic hydroxyl groups is 1. The molecule has 1 aromatic rings. The molecule has 1 N–H and O–H groups in total. The summed E-state index contributed by atoms with van der Waals surface area (Å²) in [6, 6.07) is 6.96. The van der Waals surface area contributed by atoms with Gasteiger partial charge < -0.3 is 10.0 Å². The molecule has 0 aromatic heterocycles. The van der Waals surface area contributed by atoms with Crippen molar-refractivity contribution in [2.45, 2.75) is 6.42 Å². The molecule has 0 aliphatic carbocycles. The van der Waals surface area contributed by atoms with E-state index in [2.05, 4.69) is 0 Å². The molecule has 16 heavy (non-hydrogen) atoms. The van der Waals surface area contributed by atoms with Gasteiger partial charge in [-0.05, 0) is 24.6 Å². The van der Waals surface area contributed by atoms with E-state index in [1.807, 2.05) is 0 Å². The summed E-state index contributed by atoms with van der Waals surface area (Å²) in [5.41, 5.74) is 0.617. The van der Waals surface area contributed by atoms with E-state index < -0.39 is 0 Å². The van der Waals surface area contributed by atoms with Gasteiger partial charge in [0.25, 0.3) is 5.91 Å². The third-order valence-corrected chi connectivity index (χ3v) is 3.14. The molecule has 1 fully saturated rings. The maximum Gasteiger partial charge on any atom is 0.253 e. The first kappa shape index (κ1) is 11.4. The van der Waals surface area contributed by atoms with Crippen LogP contribution in [0.5, 0.6) is 0 Å². The summed E-state index contributed by atoms with van der Waals surface area (Å²) < 4.78 is 0. The summed E-state index contributed by atoms with van der Waals surface area (Å²) in [6.45, 7) is 1.51. The molecule has 86 valence electrons. The predicted octanol–water partition coefficient (Wildman–Crippen LogP) is 1.79. The Hall–Kier alpha value is -1.06. The maximum atomic E-state index is 12.0. The van der Waals surface area contributed by atoms with Gasteiger partial charge in [-0.3, -0.25) is 4.79 Å². The van der Waals surface area contributed by atoms with Crippen LogP contribution < -0.4 is 0 Å². The minimum Gasteiger partial charge on any atom is -0.396 e. The van der Waals surface area contributed by atoms with E-state index in [1.165, 1.54) is 0 Å². The van der Waals surface area contributed by atoms with Crippen molar-refractivity contribution in [1.82, 2.24) is 4.90 Å². The van der Waals surface area contributed by atoms with Crippen LogP contribution in [0.2, 0.25) is 5.02 Å². The second-order valence-corrected chi connectivity index (χ2v) is 4.54. The number of carbonyl (C=O) groups excluding carboxylic acids is 1. The van der Waals surface area contributed by atoms with Gasteiger partial charge in [-0.1, -0.05) is 17.7 Å². The average molecular weight is 240 g/mol. The molecule has 2 rings (SSSR count). The van der Waals surface area contributed by atoms with Crippen LogP contribution in [-0.2, 0) is 0 Å². The fourth-order valence-electron chi connectivity index (χ4n) is 1.97. The number of likely N-dealkylation sites (tertiary alicyclic amines) is 1. The van der Waals surface area contributed by atoms with Crippen molar-refractivity contribution in [3.8, 4) is 0 Å². The van der Waals surface area contributed by atoms with Crippen molar-refractivity contribution in [1.29, 1.82) is 0 Å². The Morgan fingerprint density at radius 3 is 3.00 bits per heavy atom. The van der Waals surface area contributed by atoms with Gasteiger partial charge in [-0.2, -0.15) is 0 Å². The number of carbonyl (C=O) groups is 1. The fourth-order valence-corrected chi connectivity index (χ4v) is 2.16. The lowest BCUT2D eigenvalue weighted by Crippen LogP contribution is -2.29. The van der Waals surface area contributed by atoms with Crippen molar-refractivity contribution < 1.29 is 9.90 Å². The highest BCUT2D eigenvalue weighted by Crippen LogP contribution is 2.19. The molecule has 1 heterocycles. The molecule has 0 spiro atoms. The van der Waals surface area contributed by atoms with E-state index >= 15 is 0 Å². The first-order chi connectivity index (χ1) is 7.70. The van der Waals surface area contributed by atoms with Crippen molar-refractivity contribution in [3.63, 3.8) is 0 Å². The zero-order chi connectivity index (χ0) is 11.5. The predicted molar refractivity (Wildman–Crippen MR) is 62.5 cm³/mol. The molecule has 1 aliphatic heterocycles. The Balaban J connectivity index is 2.08. The van der Waals surface area contributed by atoms with Crippen LogP contribution in [0.3, 0.4) is 0 Å². The van der Waals surface area contributed by atoms with Gasteiger partial charge in [0.2, 0.25) is 0 Å². The Bertz CT molecular complexity index is 394. The Morgan fingerprint density at radius 1 is 1.56 bits per heavy atom. The molecule has 1 amide bonds. The molecular formula is C12H14ClNO2. The van der Waals surface area contributed by atoms with Gasteiger partial charge in [0, 0.05) is 36.2 Å². The molecule has 4 heteroatoms. The normalized spacial score (nSPS) is 20.1. The summed E-state index contributed by atoms with van der Waals surface area (Å²) in [4.78, 5) is 13.8. The lowest BCUT2D eigenvalue weighted by atomic mass is 10.1. The van der Waals surface area contributed by atoms with Gasteiger partial charge in [0.1, 0.15) is 0 Å². The number of rotatable bonds is 2. The van der Waals surface area contributed by atoms with Gasteiger partial charge in [-0.15, -0.1) is 0 Å². The molecule has 1 aromatic carbocycles. The zero-order valence-corrected chi connectivity index (χ0v) is 9.65. The van der Waals surface area contributed by atoms with Crippen molar-refractivity contribution >= 4 is 17.5 Å². The number of hydrogen-bond donors (Lipinski definition) is 1. The van der Waals surface area contributed by atoms with E-state index in [4.69, 9.17) is 16.7 Å². The van der Waals surface area contributed by atoms with Crippen molar-refractivity contribution in [3.05, 3.63) is 34.9 Å². The number of benzene rings is 1. The van der Waals surface area contributed by atoms with Gasteiger partial charge in [0.05, 0.1) is 0 Å². The summed E-state index contributed by atoms with van der Waals surface area (Å²) in [5, 5.41) is 9.59. The topological polar surface area (TPSA) is 40.5 Å². The van der Waals surface area contributed by atoms with Crippen LogP contribution in [0.1, 0.15) is 16.8 Å². The average Bonchev–Trinajstić information content (AvgIpc) is 2.76. The highest BCUT2D eigenvalue weighted by molar-refractivity contribution is 6.30. The number of hydrogen-bond acceptors (Lipinski definition) is 2. The lowest BCUT2D eigenvalue weighted by molar-refractivity contribution is 0.0782. The van der Waals surface area contributed by atoms with Crippen LogP contribution in [0.4, 0.5) is 0 Å². The van der Waals surface area contributed by atoms with Crippen LogP contribution in [-0.4, -0.2) is 35.6 Å². The zero-order valence-electron chi connectivity index (χ0n) is 8.90. The summed E-state index contributed by atoms with van der Waals surface area (Å²) >= 11 is 5.84. The minimum atomic E-state index is -0.00144. The molecule has 1 saturated heterocycles. The number of nitrogens with zero attached hydrogens (tertiary/aromatic N) is 1. The van der Waals surface area contributed by atoms with E-state index in [-0.39, 0.29) is 18.4 Å². The molecule has 0 saturated carbocycles. The van der Waals surface area contributed by atoms with Gasteiger partial charge in [-0.25, -0.2) is 0 Å². The van der Waals surface area contributed by atoms with Crippen LogP contribution in [0, 0.1) is 5.92 Å². The molecule has 3 nitrogen and oxygen atoms in total. The van der Waals surface area contributed by atoms with Gasteiger partial charge >= 0.3 is 0 Å². The minimum absolute atomic E-state index is 0.00144. The summed E-state index contributed by atoms with van der Waals surface area (Å²) in [7, 11) is 0. The highest BCUT2D eigenvalue weighted by Gasteiger charge is 2.26. The van der Waals surface area contributed by atoms with Crippen LogP contribution >= 0.6 is 11.6 Å². The number of aliphatic hydroxyl groups excluding tert-OH is 1. The first-order valence-electron chi connectivity index (χ1n) is 5.36. The van der Waals surface area contributed by atoms with E-state index in [9.17, 15) is 4.79 Å². The number of amides is 1. The molecule has 0 radical (unpaired) electrons. The molecular weight excluding hydrogens is 226 g/mol. The van der Waals surface area contributed by atoms with Crippen LogP contribution in [0.25, 0.3) is 0 Å². The number of halogens is 1. The Morgan fingerprint density at radius 2 is 2.38 bits per heavy atom. The molecule has 1 atom stereocenters. The van der Waals surface area contributed by atoms with Crippen LogP contribution in [0.15, 0.2) is 24.3 Å². The SMILES string of the molecule is O=C(c1cccc(Cl)c1)N1CC[C@@H](CO)C1. The standard InChI is InChI=1S/C12H14ClNO2/c13-11-3-1-2-10(6-11)12(16)14-5-4-9(7-14)8-15/h1-3,6,9,15H,4-5,7-8H2/t9-/m1/s1. The molecule has 1 aliphatic rings. The lowest BCUT2D eigenvalue weighted by Gasteiger charge is -2.16. The largest absolute Gasteiger partial charge is 0.396 e. The quantitative estimate of drug-likeness (QED) is 0.855. The van der Waals surface area contributed by atoms with Crippen molar-refractivity contribution in [2.24, 2.45) is 5.92 Å². The second kappa shape index (κ2) is 4.85. The summed E-state index contributed by atoms with van der Waals surface area (Å²) in [6.07, 6.45) is 0.878. The van der Waals surface area contributed by atoms with E-state index in [0.717, 1.165) is 13.0 Å². The van der Waals surface area contributed by atoms with Gasteiger partial charge in [0.15, 0.2) is 0 Å². The molecule has 0 unspecified atom stereocenters. The van der Waals surface area contributed by atoms with Crippen molar-refractivity contribution in [2.75, 3.05) is 19.7 Å². The Kier molecular flexibility index (Phi) is 3.46. The first-order valence-corrected chi connectivity index (χ1v) is 5.74. The highest BCUT2D eigenvalue weighted by atomic mass is 35.5.